The van der Waals surface area contributed by atoms with Crippen molar-refractivity contribution in [3.05, 3.63) is 63.0 Å². The van der Waals surface area contributed by atoms with Crippen molar-refractivity contribution in [2.75, 3.05) is 25.5 Å². The summed E-state index contributed by atoms with van der Waals surface area (Å²) in [4.78, 5) is 29.2. The molecule has 0 saturated carbocycles. The van der Waals surface area contributed by atoms with Gasteiger partial charge in [-0.3, -0.25) is 9.36 Å². The second-order valence-electron chi connectivity index (χ2n) is 5.95. The number of hydrogen-bond donors (Lipinski definition) is 2. The van der Waals surface area contributed by atoms with E-state index in [2.05, 4.69) is 26.2 Å². The third-order valence-electron chi connectivity index (χ3n) is 3.96. The van der Waals surface area contributed by atoms with E-state index in [9.17, 15) is 9.59 Å². The van der Waals surface area contributed by atoms with Crippen molar-refractivity contribution in [2.24, 2.45) is 0 Å². The quantitative estimate of drug-likeness (QED) is 0.688. The van der Waals surface area contributed by atoms with Gasteiger partial charge in [-0.05, 0) is 30.3 Å². The average Bonchev–Trinajstić information content (AvgIpc) is 2.90. The number of benzene rings is 2. The lowest BCUT2D eigenvalue weighted by Crippen LogP contribution is -2.30. The maximum atomic E-state index is 12.4. The Morgan fingerprint density at radius 3 is 2.76 bits per heavy atom. The van der Waals surface area contributed by atoms with Crippen molar-refractivity contribution >= 4 is 38.6 Å². The number of imidazole rings is 1. The standard InChI is InChI=1S/C18H19BrN4O2/c1-22(2)14-10-12(9-13(19)11-14)17(24)20-7-8-23-16-6-4-3-5-15(16)21-18(23)25/h3-6,9-11H,7-8H2,1-2H3,(H,20,24)(H,21,25). The van der Waals surface area contributed by atoms with Gasteiger partial charge in [0.1, 0.15) is 0 Å². The maximum Gasteiger partial charge on any atom is 0.326 e. The minimum absolute atomic E-state index is 0.169. The zero-order chi connectivity index (χ0) is 18.0. The van der Waals surface area contributed by atoms with Crippen LogP contribution in [0.15, 0.2) is 51.7 Å². The second kappa shape index (κ2) is 7.14. The van der Waals surface area contributed by atoms with Crippen LogP contribution in [0.3, 0.4) is 0 Å². The second-order valence-corrected chi connectivity index (χ2v) is 6.86. The Balaban J connectivity index is 1.71. The number of H-pyrrole nitrogens is 1. The lowest BCUT2D eigenvalue weighted by atomic mass is 10.2. The molecule has 3 aromatic rings. The van der Waals surface area contributed by atoms with Crippen molar-refractivity contribution in [1.29, 1.82) is 0 Å². The Morgan fingerprint density at radius 2 is 2.00 bits per heavy atom. The number of aromatic amines is 1. The van der Waals surface area contributed by atoms with Crippen LogP contribution in [0.25, 0.3) is 11.0 Å². The van der Waals surface area contributed by atoms with Gasteiger partial charge in [-0.1, -0.05) is 28.1 Å². The fourth-order valence-corrected chi connectivity index (χ4v) is 3.16. The van der Waals surface area contributed by atoms with Gasteiger partial charge in [-0.15, -0.1) is 0 Å². The fraction of sp³-hybridized carbons (Fsp3) is 0.222. The molecular weight excluding hydrogens is 384 g/mol. The van der Waals surface area contributed by atoms with Crippen molar-refractivity contribution < 1.29 is 4.79 Å². The first kappa shape index (κ1) is 17.3. The molecule has 25 heavy (non-hydrogen) atoms. The highest BCUT2D eigenvalue weighted by Gasteiger charge is 2.10. The summed E-state index contributed by atoms with van der Waals surface area (Å²) in [6.45, 7) is 0.771. The van der Waals surface area contributed by atoms with Crippen LogP contribution in [0, 0.1) is 0 Å². The number of anilines is 1. The fourth-order valence-electron chi connectivity index (χ4n) is 2.68. The smallest absolute Gasteiger partial charge is 0.326 e. The molecule has 1 heterocycles. The lowest BCUT2D eigenvalue weighted by Gasteiger charge is -2.14. The first-order valence-electron chi connectivity index (χ1n) is 7.89. The summed E-state index contributed by atoms with van der Waals surface area (Å²) in [5.41, 5.74) is 2.96. The summed E-state index contributed by atoms with van der Waals surface area (Å²) in [7, 11) is 3.85. The predicted octanol–water partition coefficient (Wildman–Crippen LogP) is 2.59. The normalized spacial score (nSPS) is 10.8. The molecule has 2 aromatic carbocycles. The highest BCUT2D eigenvalue weighted by atomic mass is 79.9. The molecule has 0 atom stereocenters. The Kier molecular flexibility index (Phi) is 4.94. The Morgan fingerprint density at radius 1 is 1.24 bits per heavy atom. The third kappa shape index (κ3) is 3.76. The number of fused-ring (bicyclic) bond motifs is 1. The Labute approximate surface area is 153 Å². The number of nitrogens with zero attached hydrogens (tertiary/aromatic N) is 2. The minimum Gasteiger partial charge on any atom is -0.378 e. The molecule has 1 aromatic heterocycles. The Hall–Kier alpha value is -2.54. The Bertz CT molecular complexity index is 975. The molecule has 0 aliphatic carbocycles. The van der Waals surface area contributed by atoms with Gasteiger partial charge in [-0.2, -0.15) is 0 Å². The van der Waals surface area contributed by atoms with Crippen LogP contribution in [0.2, 0.25) is 0 Å². The van der Waals surface area contributed by atoms with Gasteiger partial charge >= 0.3 is 5.69 Å². The highest BCUT2D eigenvalue weighted by molar-refractivity contribution is 9.10. The molecule has 0 unspecified atom stereocenters. The van der Waals surface area contributed by atoms with Gasteiger partial charge in [-0.25, -0.2) is 4.79 Å². The molecule has 0 saturated heterocycles. The zero-order valence-electron chi connectivity index (χ0n) is 14.0. The largest absolute Gasteiger partial charge is 0.378 e. The number of nitrogens with one attached hydrogen (secondary N) is 2. The molecule has 1 amide bonds. The van der Waals surface area contributed by atoms with Gasteiger partial charge < -0.3 is 15.2 Å². The molecule has 0 aliphatic rings. The van der Waals surface area contributed by atoms with Crippen molar-refractivity contribution in [3.63, 3.8) is 0 Å². The average molecular weight is 403 g/mol. The van der Waals surface area contributed by atoms with Crippen LogP contribution in [-0.4, -0.2) is 36.1 Å². The SMILES string of the molecule is CN(C)c1cc(Br)cc(C(=O)NCCn2c(=O)[nH]c3ccccc32)c1. The molecular formula is C18H19BrN4O2. The van der Waals surface area contributed by atoms with Crippen LogP contribution in [0.1, 0.15) is 10.4 Å². The lowest BCUT2D eigenvalue weighted by molar-refractivity contribution is 0.0952. The van der Waals surface area contributed by atoms with Crippen molar-refractivity contribution in [1.82, 2.24) is 14.9 Å². The zero-order valence-corrected chi connectivity index (χ0v) is 15.6. The topological polar surface area (TPSA) is 70.1 Å². The van der Waals surface area contributed by atoms with Crippen molar-refractivity contribution in [3.8, 4) is 0 Å². The maximum absolute atomic E-state index is 12.4. The number of halogens is 1. The van der Waals surface area contributed by atoms with E-state index < -0.39 is 0 Å². The summed E-state index contributed by atoms with van der Waals surface area (Å²) in [6.07, 6.45) is 0. The number of para-hydroxylation sites is 2. The van der Waals surface area contributed by atoms with E-state index in [1.54, 1.807) is 10.6 Å². The highest BCUT2D eigenvalue weighted by Crippen LogP contribution is 2.21. The van der Waals surface area contributed by atoms with Crippen molar-refractivity contribution in [2.45, 2.75) is 6.54 Å². The molecule has 130 valence electrons. The number of carbonyl (C=O) groups is 1. The van der Waals surface area contributed by atoms with Crippen LogP contribution in [0.5, 0.6) is 0 Å². The minimum atomic E-state index is -0.173. The molecule has 0 fully saturated rings. The molecule has 0 radical (unpaired) electrons. The van der Waals surface area contributed by atoms with E-state index >= 15 is 0 Å². The molecule has 0 spiro atoms. The van der Waals surface area contributed by atoms with Gasteiger partial charge in [0, 0.05) is 42.9 Å². The number of hydrogen-bond acceptors (Lipinski definition) is 3. The summed E-state index contributed by atoms with van der Waals surface area (Å²) >= 11 is 3.43. The number of carbonyl (C=O) groups excluding carboxylic acids is 1. The van der Waals surface area contributed by atoms with Crippen LogP contribution in [-0.2, 0) is 6.54 Å². The van der Waals surface area contributed by atoms with Gasteiger partial charge in [0.05, 0.1) is 11.0 Å². The van der Waals surface area contributed by atoms with E-state index in [-0.39, 0.29) is 11.6 Å². The van der Waals surface area contributed by atoms with Gasteiger partial charge in [0.15, 0.2) is 0 Å². The molecule has 2 N–H and O–H groups in total. The van der Waals surface area contributed by atoms with E-state index in [0.717, 1.165) is 21.2 Å². The van der Waals surface area contributed by atoms with E-state index in [4.69, 9.17) is 0 Å². The van der Waals surface area contributed by atoms with E-state index in [1.807, 2.05) is 55.4 Å². The van der Waals surface area contributed by atoms with Gasteiger partial charge in [0.2, 0.25) is 0 Å². The summed E-state index contributed by atoms with van der Waals surface area (Å²) in [6, 6.07) is 13.1. The molecule has 3 rings (SSSR count). The van der Waals surface area contributed by atoms with Crippen LogP contribution < -0.4 is 15.9 Å². The monoisotopic (exact) mass is 402 g/mol. The molecule has 0 aliphatic heterocycles. The number of amides is 1. The van der Waals surface area contributed by atoms with Gasteiger partial charge in [0.25, 0.3) is 5.91 Å². The van der Waals surface area contributed by atoms with Crippen LogP contribution >= 0.6 is 15.9 Å². The third-order valence-corrected chi connectivity index (χ3v) is 4.42. The van der Waals surface area contributed by atoms with E-state index in [0.29, 0.717) is 18.7 Å². The van der Waals surface area contributed by atoms with Crippen LogP contribution in [0.4, 0.5) is 5.69 Å². The summed E-state index contributed by atoms with van der Waals surface area (Å²) in [5, 5.41) is 2.87. The molecule has 7 heteroatoms. The van der Waals surface area contributed by atoms with E-state index in [1.165, 1.54) is 0 Å². The predicted molar refractivity (Wildman–Crippen MR) is 103 cm³/mol. The number of aromatic nitrogens is 2. The summed E-state index contributed by atoms with van der Waals surface area (Å²) < 4.78 is 2.47. The number of rotatable bonds is 5. The molecule has 0 bridgehead atoms. The molecule has 6 nitrogen and oxygen atoms in total. The first-order chi connectivity index (χ1) is 12.0. The summed E-state index contributed by atoms with van der Waals surface area (Å²) in [5.74, 6) is -0.169. The first-order valence-corrected chi connectivity index (χ1v) is 8.68.